The Morgan fingerprint density at radius 3 is 2.79 bits per heavy atom. The van der Waals surface area contributed by atoms with Gasteiger partial charge in [-0.15, -0.1) is 10.2 Å². The molecule has 0 aliphatic rings. The number of amides is 1. The zero-order valence-electron chi connectivity index (χ0n) is 13.0. The van der Waals surface area contributed by atoms with Crippen LogP contribution >= 0.6 is 35.0 Å². The lowest BCUT2D eigenvalue weighted by Gasteiger charge is -2.11. The first-order valence-corrected chi connectivity index (χ1v) is 8.83. The average Bonchev–Trinajstić information content (AvgIpc) is 2.95. The second-order valence-electron chi connectivity index (χ2n) is 5.37. The summed E-state index contributed by atoms with van der Waals surface area (Å²) >= 11 is 13.7. The maximum Gasteiger partial charge on any atom is 0.253 e. The fraction of sp³-hybridized carbons (Fsp3) is 0.188. The molecule has 3 rings (SSSR count). The molecule has 3 aromatic rings. The number of thioether (sulfide) groups is 1. The van der Waals surface area contributed by atoms with E-state index in [2.05, 4.69) is 10.2 Å². The number of nitrogens with zero attached hydrogens (tertiary/aromatic N) is 4. The normalized spacial score (nSPS) is 11.0. The highest BCUT2D eigenvalue weighted by molar-refractivity contribution is 7.98. The van der Waals surface area contributed by atoms with E-state index >= 15 is 0 Å². The van der Waals surface area contributed by atoms with Crippen molar-refractivity contribution in [3.8, 4) is 0 Å². The molecule has 0 spiro atoms. The summed E-state index contributed by atoms with van der Waals surface area (Å²) in [5.74, 6) is 0.632. The fourth-order valence-electron chi connectivity index (χ4n) is 2.20. The van der Waals surface area contributed by atoms with Crippen LogP contribution in [-0.2, 0) is 5.75 Å². The number of fused-ring (bicyclic) bond motifs is 1. The molecule has 1 aromatic carbocycles. The summed E-state index contributed by atoms with van der Waals surface area (Å²) in [6.07, 6.45) is 1.73. The topological polar surface area (TPSA) is 50.5 Å². The third-order valence-electron chi connectivity index (χ3n) is 3.34. The highest BCUT2D eigenvalue weighted by atomic mass is 35.5. The van der Waals surface area contributed by atoms with Gasteiger partial charge in [-0.2, -0.15) is 0 Å². The molecule has 0 radical (unpaired) electrons. The average molecular weight is 381 g/mol. The molecule has 0 aliphatic carbocycles. The Labute approximate surface area is 153 Å². The number of halogens is 2. The molecule has 0 N–H and O–H groups in total. The van der Waals surface area contributed by atoms with Crippen LogP contribution in [0.4, 0.5) is 0 Å². The van der Waals surface area contributed by atoms with Crippen LogP contribution in [0.15, 0.2) is 41.7 Å². The van der Waals surface area contributed by atoms with Crippen molar-refractivity contribution in [2.75, 3.05) is 14.1 Å². The van der Waals surface area contributed by atoms with Crippen molar-refractivity contribution in [3.63, 3.8) is 0 Å². The van der Waals surface area contributed by atoms with E-state index in [-0.39, 0.29) is 5.91 Å². The van der Waals surface area contributed by atoms with Crippen molar-refractivity contribution in [1.29, 1.82) is 0 Å². The molecule has 124 valence electrons. The van der Waals surface area contributed by atoms with Crippen LogP contribution in [0.3, 0.4) is 0 Å². The SMILES string of the molecule is CN(C)C(=O)c1cccc(CSc2nnc3c(Cl)cc(Cl)cn23)c1. The number of hydrogen-bond acceptors (Lipinski definition) is 4. The van der Waals surface area contributed by atoms with Crippen LogP contribution in [0, 0.1) is 0 Å². The molecule has 2 aromatic heterocycles. The minimum atomic E-state index is -0.0201. The summed E-state index contributed by atoms with van der Waals surface area (Å²) in [5, 5.41) is 9.91. The maximum atomic E-state index is 12.0. The number of benzene rings is 1. The molecule has 0 saturated carbocycles. The van der Waals surface area contributed by atoms with Gasteiger partial charge in [0.15, 0.2) is 10.8 Å². The largest absolute Gasteiger partial charge is 0.345 e. The first-order chi connectivity index (χ1) is 11.5. The Bertz CT molecular complexity index is 910. The third-order valence-corrected chi connectivity index (χ3v) is 4.84. The van der Waals surface area contributed by atoms with E-state index in [9.17, 15) is 4.79 Å². The molecule has 24 heavy (non-hydrogen) atoms. The van der Waals surface area contributed by atoms with E-state index in [4.69, 9.17) is 23.2 Å². The van der Waals surface area contributed by atoms with Gasteiger partial charge in [-0.1, -0.05) is 47.1 Å². The Hall–Kier alpha value is -1.76. The second kappa shape index (κ2) is 7.01. The molecule has 0 bridgehead atoms. The van der Waals surface area contributed by atoms with Crippen LogP contribution in [-0.4, -0.2) is 39.5 Å². The number of hydrogen-bond donors (Lipinski definition) is 0. The van der Waals surface area contributed by atoms with E-state index in [1.54, 1.807) is 35.7 Å². The Kier molecular flexibility index (Phi) is 4.99. The summed E-state index contributed by atoms with van der Waals surface area (Å²) in [6, 6.07) is 9.18. The molecule has 0 unspecified atom stereocenters. The van der Waals surface area contributed by atoms with Crippen LogP contribution in [0.25, 0.3) is 5.65 Å². The highest BCUT2D eigenvalue weighted by Gasteiger charge is 2.12. The molecule has 0 atom stereocenters. The lowest BCUT2D eigenvalue weighted by Crippen LogP contribution is -2.21. The van der Waals surface area contributed by atoms with Crippen molar-refractivity contribution in [3.05, 3.63) is 57.7 Å². The zero-order valence-corrected chi connectivity index (χ0v) is 15.4. The van der Waals surface area contributed by atoms with Gasteiger partial charge in [0, 0.05) is 31.6 Å². The van der Waals surface area contributed by atoms with Gasteiger partial charge in [0.1, 0.15) is 0 Å². The monoisotopic (exact) mass is 380 g/mol. The summed E-state index contributed by atoms with van der Waals surface area (Å²) in [4.78, 5) is 13.6. The van der Waals surface area contributed by atoms with Crippen molar-refractivity contribution in [2.45, 2.75) is 10.9 Å². The molecule has 5 nitrogen and oxygen atoms in total. The quantitative estimate of drug-likeness (QED) is 0.641. The van der Waals surface area contributed by atoms with Crippen LogP contribution < -0.4 is 0 Å². The van der Waals surface area contributed by atoms with Crippen molar-refractivity contribution < 1.29 is 4.79 Å². The maximum absolute atomic E-state index is 12.0. The minimum Gasteiger partial charge on any atom is -0.345 e. The van der Waals surface area contributed by atoms with Gasteiger partial charge in [-0.3, -0.25) is 9.20 Å². The van der Waals surface area contributed by atoms with E-state index in [1.165, 1.54) is 11.8 Å². The Morgan fingerprint density at radius 1 is 1.25 bits per heavy atom. The van der Waals surface area contributed by atoms with Crippen molar-refractivity contribution in [2.24, 2.45) is 0 Å². The van der Waals surface area contributed by atoms with E-state index in [0.717, 1.165) is 5.56 Å². The van der Waals surface area contributed by atoms with Gasteiger partial charge < -0.3 is 4.90 Å². The predicted molar refractivity (Wildman–Crippen MR) is 97.0 cm³/mol. The first-order valence-electron chi connectivity index (χ1n) is 7.09. The molecule has 0 fully saturated rings. The lowest BCUT2D eigenvalue weighted by atomic mass is 10.1. The van der Waals surface area contributed by atoms with Crippen LogP contribution in [0.2, 0.25) is 10.0 Å². The molecule has 2 heterocycles. The summed E-state index contributed by atoms with van der Waals surface area (Å²) in [6.45, 7) is 0. The molecular formula is C16H14Cl2N4OS. The van der Waals surface area contributed by atoms with Crippen LogP contribution in [0.5, 0.6) is 0 Å². The lowest BCUT2D eigenvalue weighted by molar-refractivity contribution is 0.0827. The zero-order chi connectivity index (χ0) is 17.3. The molecule has 0 aliphatic heterocycles. The number of carbonyl (C=O) groups is 1. The first kappa shape index (κ1) is 17.1. The van der Waals surface area contributed by atoms with E-state index in [0.29, 0.717) is 32.2 Å². The van der Waals surface area contributed by atoms with Gasteiger partial charge in [0.2, 0.25) is 0 Å². The van der Waals surface area contributed by atoms with Gasteiger partial charge in [0.25, 0.3) is 5.91 Å². The van der Waals surface area contributed by atoms with Crippen LogP contribution in [0.1, 0.15) is 15.9 Å². The Morgan fingerprint density at radius 2 is 2.04 bits per heavy atom. The number of carbonyl (C=O) groups excluding carboxylic acids is 1. The number of rotatable bonds is 4. The Balaban J connectivity index is 1.82. The van der Waals surface area contributed by atoms with Crippen molar-refractivity contribution in [1.82, 2.24) is 19.5 Å². The standard InChI is InChI=1S/C16H14Cl2N4OS/c1-21(2)15(23)11-5-3-4-10(6-11)9-24-16-20-19-14-13(18)7-12(17)8-22(14)16/h3-8H,9H2,1-2H3. The summed E-state index contributed by atoms with van der Waals surface area (Å²) in [7, 11) is 3.47. The molecule has 8 heteroatoms. The van der Waals surface area contributed by atoms with Crippen molar-refractivity contribution >= 4 is 46.5 Å². The minimum absolute atomic E-state index is 0.0201. The van der Waals surface area contributed by atoms with Gasteiger partial charge in [-0.25, -0.2) is 0 Å². The summed E-state index contributed by atoms with van der Waals surface area (Å²) in [5.41, 5.74) is 2.26. The third kappa shape index (κ3) is 3.50. The molecule has 0 saturated heterocycles. The molecule has 1 amide bonds. The highest BCUT2D eigenvalue weighted by Crippen LogP contribution is 2.27. The smallest absolute Gasteiger partial charge is 0.253 e. The van der Waals surface area contributed by atoms with E-state index < -0.39 is 0 Å². The van der Waals surface area contributed by atoms with E-state index in [1.807, 2.05) is 24.3 Å². The number of pyridine rings is 1. The predicted octanol–water partition coefficient (Wildman–Crippen LogP) is 4.03. The number of aromatic nitrogens is 3. The summed E-state index contributed by atoms with van der Waals surface area (Å²) < 4.78 is 1.77. The van der Waals surface area contributed by atoms with Gasteiger partial charge in [0.05, 0.1) is 10.0 Å². The fourth-order valence-corrected chi connectivity index (χ4v) is 3.56. The van der Waals surface area contributed by atoms with Gasteiger partial charge in [-0.05, 0) is 23.8 Å². The second-order valence-corrected chi connectivity index (χ2v) is 7.16. The molecular weight excluding hydrogens is 367 g/mol. The van der Waals surface area contributed by atoms with Gasteiger partial charge >= 0.3 is 0 Å².